The van der Waals surface area contributed by atoms with Gasteiger partial charge in [-0.15, -0.1) is 0 Å². The van der Waals surface area contributed by atoms with Crippen LogP contribution in [0.2, 0.25) is 0 Å². The van der Waals surface area contributed by atoms with Crippen molar-refractivity contribution in [2.75, 3.05) is 32.8 Å². The number of carbonyl (C=O) groups is 2. The Labute approximate surface area is 107 Å². The highest BCUT2D eigenvalue weighted by Gasteiger charge is 2.30. The smallest absolute Gasteiger partial charge is 0.411 e. The molecule has 1 aliphatic heterocycles. The van der Waals surface area contributed by atoms with E-state index in [2.05, 4.69) is 10.1 Å². The first-order valence-corrected chi connectivity index (χ1v) is 5.69. The van der Waals surface area contributed by atoms with Gasteiger partial charge in [0.15, 0.2) is 0 Å². The molecule has 1 unspecified atom stereocenters. The van der Waals surface area contributed by atoms with Crippen molar-refractivity contribution >= 4 is 12.0 Å². The Hall–Kier alpha value is -1.51. The van der Waals surface area contributed by atoms with Gasteiger partial charge in [0, 0.05) is 19.6 Å². The number of rotatable bonds is 5. The van der Waals surface area contributed by atoms with Crippen LogP contribution in [-0.4, -0.2) is 61.0 Å². The van der Waals surface area contributed by atoms with Gasteiger partial charge in [0.25, 0.3) is 0 Å². The van der Waals surface area contributed by atoms with E-state index in [1.807, 2.05) is 0 Å². The highest BCUT2D eigenvalue weighted by atomic mass is 19.4. The van der Waals surface area contributed by atoms with Gasteiger partial charge in [0.05, 0.1) is 12.5 Å². The summed E-state index contributed by atoms with van der Waals surface area (Å²) in [5.74, 6) is -1.53. The highest BCUT2D eigenvalue weighted by Crippen LogP contribution is 2.16. The molecule has 1 rings (SSSR count). The van der Waals surface area contributed by atoms with E-state index in [0.29, 0.717) is 13.0 Å². The monoisotopic (exact) mass is 284 g/mol. The third-order valence-corrected chi connectivity index (χ3v) is 2.61. The van der Waals surface area contributed by atoms with Crippen molar-refractivity contribution in [3.8, 4) is 0 Å². The lowest BCUT2D eigenvalue weighted by Gasteiger charge is -2.16. The molecule has 2 amide bonds. The number of aliphatic carboxylic acids is 1. The maximum atomic E-state index is 11.7. The summed E-state index contributed by atoms with van der Waals surface area (Å²) in [6, 6.07) is -0.487. The van der Waals surface area contributed by atoms with Crippen LogP contribution < -0.4 is 5.32 Å². The summed E-state index contributed by atoms with van der Waals surface area (Å²) in [7, 11) is 0. The fourth-order valence-electron chi connectivity index (χ4n) is 1.68. The molecule has 110 valence electrons. The number of hydrogen-bond donors (Lipinski definition) is 2. The molecule has 6 nitrogen and oxygen atoms in total. The summed E-state index contributed by atoms with van der Waals surface area (Å²) in [6.07, 6.45) is -4.00. The number of carboxylic acids is 1. The van der Waals surface area contributed by atoms with Crippen molar-refractivity contribution < 1.29 is 32.6 Å². The summed E-state index contributed by atoms with van der Waals surface area (Å²) in [6.45, 7) is -1.21. The number of urea groups is 1. The van der Waals surface area contributed by atoms with Crippen LogP contribution in [0.15, 0.2) is 0 Å². The van der Waals surface area contributed by atoms with Crippen molar-refractivity contribution in [1.82, 2.24) is 10.2 Å². The van der Waals surface area contributed by atoms with Crippen LogP contribution in [0, 0.1) is 5.92 Å². The molecule has 0 radical (unpaired) electrons. The Kier molecular flexibility index (Phi) is 5.40. The Balaban J connectivity index is 2.14. The molecule has 0 spiro atoms. The molecule has 1 fully saturated rings. The predicted molar refractivity (Wildman–Crippen MR) is 57.6 cm³/mol. The molecule has 0 bridgehead atoms. The zero-order chi connectivity index (χ0) is 14.5. The third kappa shape index (κ3) is 5.77. The summed E-state index contributed by atoms with van der Waals surface area (Å²) < 4.78 is 39.5. The summed E-state index contributed by atoms with van der Waals surface area (Å²) in [5.41, 5.74) is 0. The number of carbonyl (C=O) groups excluding carboxylic acids is 1. The van der Waals surface area contributed by atoms with Gasteiger partial charge >= 0.3 is 18.2 Å². The zero-order valence-corrected chi connectivity index (χ0v) is 10.1. The van der Waals surface area contributed by atoms with Crippen molar-refractivity contribution in [2.24, 2.45) is 5.92 Å². The standard InChI is InChI=1S/C10H15F3N2O4/c11-10(12,13)6-19-4-2-14-9(18)15-3-1-7(5-15)8(16)17/h7H,1-6H2,(H,14,18)(H,16,17). The van der Waals surface area contributed by atoms with E-state index in [0.717, 1.165) is 0 Å². The van der Waals surface area contributed by atoms with Crippen LogP contribution in [0.25, 0.3) is 0 Å². The first-order valence-electron chi connectivity index (χ1n) is 5.69. The lowest BCUT2D eigenvalue weighted by Crippen LogP contribution is -2.40. The molecular formula is C10H15F3N2O4. The number of halogens is 3. The first kappa shape index (κ1) is 15.5. The molecule has 0 saturated carbocycles. The largest absolute Gasteiger partial charge is 0.481 e. The van der Waals surface area contributed by atoms with Crippen LogP contribution >= 0.6 is 0 Å². The molecule has 0 aromatic carbocycles. The van der Waals surface area contributed by atoms with Gasteiger partial charge in [-0.2, -0.15) is 13.2 Å². The summed E-state index contributed by atoms with van der Waals surface area (Å²) >= 11 is 0. The Morgan fingerprint density at radius 2 is 2.11 bits per heavy atom. The number of nitrogens with one attached hydrogen (secondary N) is 1. The minimum absolute atomic E-state index is 0.0524. The third-order valence-electron chi connectivity index (χ3n) is 2.61. The number of hydrogen-bond acceptors (Lipinski definition) is 3. The van der Waals surface area contributed by atoms with Crippen molar-refractivity contribution in [3.05, 3.63) is 0 Å². The average Bonchev–Trinajstić information content (AvgIpc) is 2.76. The maximum Gasteiger partial charge on any atom is 0.411 e. The van der Waals surface area contributed by atoms with E-state index in [-0.39, 0.29) is 19.7 Å². The molecule has 0 aromatic rings. The van der Waals surface area contributed by atoms with Gasteiger partial charge in [0.2, 0.25) is 0 Å². The van der Waals surface area contributed by atoms with Crippen LogP contribution in [0.3, 0.4) is 0 Å². The fraction of sp³-hybridized carbons (Fsp3) is 0.800. The number of likely N-dealkylation sites (tertiary alicyclic amines) is 1. The quantitative estimate of drug-likeness (QED) is 0.728. The Morgan fingerprint density at radius 1 is 1.42 bits per heavy atom. The minimum atomic E-state index is -4.38. The van der Waals surface area contributed by atoms with Gasteiger partial charge in [-0.1, -0.05) is 0 Å². The van der Waals surface area contributed by atoms with Gasteiger partial charge < -0.3 is 20.1 Å². The van der Waals surface area contributed by atoms with E-state index >= 15 is 0 Å². The van der Waals surface area contributed by atoms with Crippen molar-refractivity contribution in [2.45, 2.75) is 12.6 Å². The van der Waals surface area contributed by atoms with Crippen molar-refractivity contribution in [1.29, 1.82) is 0 Å². The lowest BCUT2D eigenvalue weighted by atomic mass is 10.1. The molecule has 19 heavy (non-hydrogen) atoms. The zero-order valence-electron chi connectivity index (χ0n) is 10.1. The van der Waals surface area contributed by atoms with Gasteiger partial charge in [-0.25, -0.2) is 4.79 Å². The molecule has 1 aliphatic rings. The minimum Gasteiger partial charge on any atom is -0.481 e. The number of nitrogens with zero attached hydrogens (tertiary/aromatic N) is 1. The summed E-state index contributed by atoms with van der Waals surface area (Å²) in [5, 5.41) is 11.1. The normalized spacial score (nSPS) is 19.5. The van der Waals surface area contributed by atoms with Crippen LogP contribution in [0.5, 0.6) is 0 Å². The van der Waals surface area contributed by atoms with Crippen molar-refractivity contribution in [3.63, 3.8) is 0 Å². The molecule has 1 atom stereocenters. The maximum absolute atomic E-state index is 11.7. The molecule has 0 aromatic heterocycles. The summed E-state index contributed by atoms with van der Waals surface area (Å²) in [4.78, 5) is 23.5. The Bertz CT molecular complexity index is 335. The fourth-order valence-corrected chi connectivity index (χ4v) is 1.68. The number of amides is 2. The highest BCUT2D eigenvalue weighted by molar-refractivity contribution is 5.77. The number of ether oxygens (including phenoxy) is 1. The van der Waals surface area contributed by atoms with Gasteiger partial charge in [-0.05, 0) is 6.42 Å². The first-order chi connectivity index (χ1) is 8.79. The van der Waals surface area contributed by atoms with E-state index in [9.17, 15) is 22.8 Å². The van der Waals surface area contributed by atoms with Gasteiger partial charge in [-0.3, -0.25) is 4.79 Å². The topological polar surface area (TPSA) is 78.9 Å². The Morgan fingerprint density at radius 3 is 2.63 bits per heavy atom. The molecule has 1 heterocycles. The molecular weight excluding hydrogens is 269 g/mol. The number of alkyl halides is 3. The molecule has 1 saturated heterocycles. The van der Waals surface area contributed by atoms with Crippen LogP contribution in [0.1, 0.15) is 6.42 Å². The molecule has 0 aliphatic carbocycles. The second-order valence-electron chi connectivity index (χ2n) is 4.17. The van der Waals surface area contributed by atoms with Crippen LogP contribution in [0.4, 0.5) is 18.0 Å². The SMILES string of the molecule is O=C(O)C1CCN(C(=O)NCCOCC(F)(F)F)C1. The van der Waals surface area contributed by atoms with E-state index in [1.54, 1.807) is 0 Å². The van der Waals surface area contributed by atoms with E-state index < -0.39 is 30.7 Å². The molecule has 9 heteroatoms. The second-order valence-corrected chi connectivity index (χ2v) is 4.17. The van der Waals surface area contributed by atoms with E-state index in [4.69, 9.17) is 5.11 Å². The van der Waals surface area contributed by atoms with Gasteiger partial charge in [0.1, 0.15) is 6.61 Å². The average molecular weight is 284 g/mol. The van der Waals surface area contributed by atoms with Crippen LogP contribution in [-0.2, 0) is 9.53 Å². The predicted octanol–water partition coefficient (Wildman–Crippen LogP) is 0.681. The second kappa shape index (κ2) is 6.60. The molecule has 2 N–H and O–H groups in total. The number of carboxylic acid groups (broad SMARTS) is 1. The lowest BCUT2D eigenvalue weighted by molar-refractivity contribution is -0.173. The van der Waals surface area contributed by atoms with E-state index in [1.165, 1.54) is 4.90 Å².